The maximum atomic E-state index is 10.2. The molecular formula is C12H18O2. The van der Waals surface area contributed by atoms with Gasteiger partial charge in [0, 0.05) is 12.8 Å². The van der Waals surface area contributed by atoms with Gasteiger partial charge in [0.25, 0.3) is 0 Å². The highest BCUT2D eigenvalue weighted by Crippen LogP contribution is 2.57. The van der Waals surface area contributed by atoms with E-state index in [0.29, 0.717) is 11.8 Å². The highest BCUT2D eigenvalue weighted by atomic mass is 16.6. The maximum Gasteiger partial charge on any atom is 0.166 e. The van der Waals surface area contributed by atoms with Crippen LogP contribution in [0, 0.1) is 11.8 Å². The molecule has 0 spiro atoms. The molecule has 2 aliphatic carbocycles. The Labute approximate surface area is 85.0 Å². The third-order valence-electron chi connectivity index (χ3n) is 4.13. The third-order valence-corrected chi connectivity index (χ3v) is 4.13. The standard InChI is InChI=1S/C12H18O2/c1-2-3-11-5-9-4-10(6-11)8-12(13,7-9)14-11/h2,9-10,13H,1,3-8H2. The van der Waals surface area contributed by atoms with Gasteiger partial charge in [0.15, 0.2) is 5.79 Å². The smallest absolute Gasteiger partial charge is 0.166 e. The largest absolute Gasteiger partial charge is 0.365 e. The molecule has 2 saturated carbocycles. The van der Waals surface area contributed by atoms with Crippen LogP contribution in [0.1, 0.15) is 38.5 Å². The van der Waals surface area contributed by atoms with Crippen molar-refractivity contribution in [1.82, 2.24) is 0 Å². The van der Waals surface area contributed by atoms with E-state index in [1.54, 1.807) is 0 Å². The lowest BCUT2D eigenvalue weighted by molar-refractivity contribution is -0.354. The van der Waals surface area contributed by atoms with Crippen molar-refractivity contribution in [2.45, 2.75) is 49.9 Å². The summed E-state index contributed by atoms with van der Waals surface area (Å²) in [6.45, 7) is 3.80. The fraction of sp³-hybridized carbons (Fsp3) is 0.833. The first-order chi connectivity index (χ1) is 6.63. The summed E-state index contributed by atoms with van der Waals surface area (Å²) in [5.74, 6) is 0.606. The van der Waals surface area contributed by atoms with Crippen LogP contribution in [0.3, 0.4) is 0 Å². The van der Waals surface area contributed by atoms with Gasteiger partial charge in [0.2, 0.25) is 0 Å². The molecule has 0 aromatic carbocycles. The molecule has 4 rings (SSSR count). The van der Waals surface area contributed by atoms with Gasteiger partial charge in [-0.25, -0.2) is 0 Å². The van der Waals surface area contributed by atoms with Gasteiger partial charge >= 0.3 is 0 Å². The second-order valence-electron chi connectivity index (χ2n) is 5.51. The molecule has 2 atom stereocenters. The Morgan fingerprint density at radius 3 is 2.43 bits per heavy atom. The van der Waals surface area contributed by atoms with Gasteiger partial charge in [-0.15, -0.1) is 6.58 Å². The minimum absolute atomic E-state index is 0.0550. The summed E-state index contributed by atoms with van der Waals surface area (Å²) in [4.78, 5) is 0. The summed E-state index contributed by atoms with van der Waals surface area (Å²) in [6, 6.07) is 0. The van der Waals surface area contributed by atoms with Crippen LogP contribution in [0.25, 0.3) is 0 Å². The van der Waals surface area contributed by atoms with E-state index in [1.807, 2.05) is 6.08 Å². The highest BCUT2D eigenvalue weighted by molar-refractivity contribution is 5.06. The molecule has 2 heteroatoms. The molecule has 14 heavy (non-hydrogen) atoms. The summed E-state index contributed by atoms with van der Waals surface area (Å²) < 4.78 is 5.92. The van der Waals surface area contributed by atoms with E-state index in [4.69, 9.17) is 4.74 Å². The molecule has 2 heterocycles. The lowest BCUT2D eigenvalue weighted by Crippen LogP contribution is -2.60. The van der Waals surface area contributed by atoms with Gasteiger partial charge in [0.1, 0.15) is 0 Å². The van der Waals surface area contributed by atoms with Crippen LogP contribution in [0.5, 0.6) is 0 Å². The van der Waals surface area contributed by atoms with Gasteiger partial charge in [-0.05, 0) is 37.5 Å². The first kappa shape index (κ1) is 8.93. The van der Waals surface area contributed by atoms with E-state index in [2.05, 4.69) is 6.58 Å². The minimum atomic E-state index is -0.785. The van der Waals surface area contributed by atoms with E-state index in [0.717, 1.165) is 32.1 Å². The van der Waals surface area contributed by atoms with E-state index in [1.165, 1.54) is 6.42 Å². The molecule has 78 valence electrons. The number of hydrogen-bond acceptors (Lipinski definition) is 2. The number of rotatable bonds is 2. The summed E-state index contributed by atoms with van der Waals surface area (Å²) in [5.41, 5.74) is -0.0550. The molecule has 0 radical (unpaired) electrons. The van der Waals surface area contributed by atoms with Crippen molar-refractivity contribution in [3.05, 3.63) is 12.7 Å². The summed E-state index contributed by atoms with van der Waals surface area (Å²) in [7, 11) is 0. The Hall–Kier alpha value is -0.340. The number of hydrogen-bond donors (Lipinski definition) is 1. The number of aliphatic hydroxyl groups is 1. The van der Waals surface area contributed by atoms with Gasteiger partial charge in [-0.1, -0.05) is 6.08 Å². The summed E-state index contributed by atoms with van der Waals surface area (Å²) in [5, 5.41) is 10.2. The molecule has 4 fully saturated rings. The average molecular weight is 194 g/mol. The third kappa shape index (κ3) is 1.17. The lowest BCUT2D eigenvalue weighted by atomic mass is 9.60. The molecule has 0 amide bonds. The molecule has 4 aliphatic rings. The average Bonchev–Trinajstić information content (AvgIpc) is 1.97. The van der Waals surface area contributed by atoms with Crippen molar-refractivity contribution in [3.63, 3.8) is 0 Å². The van der Waals surface area contributed by atoms with Crippen molar-refractivity contribution < 1.29 is 9.84 Å². The normalized spacial score (nSPS) is 54.9. The van der Waals surface area contributed by atoms with Crippen molar-refractivity contribution in [1.29, 1.82) is 0 Å². The predicted octanol–water partition coefficient (Wildman–Crippen LogP) is 2.23. The second kappa shape index (κ2) is 2.61. The van der Waals surface area contributed by atoms with Crippen molar-refractivity contribution in [2.75, 3.05) is 0 Å². The van der Waals surface area contributed by atoms with Crippen LogP contribution >= 0.6 is 0 Å². The second-order valence-corrected chi connectivity index (χ2v) is 5.51. The van der Waals surface area contributed by atoms with E-state index >= 15 is 0 Å². The number of ether oxygens (including phenoxy) is 1. The Bertz CT molecular complexity index is 257. The van der Waals surface area contributed by atoms with Crippen LogP contribution in [-0.2, 0) is 4.74 Å². The first-order valence-electron chi connectivity index (χ1n) is 5.67. The van der Waals surface area contributed by atoms with E-state index < -0.39 is 5.79 Å². The molecule has 2 nitrogen and oxygen atoms in total. The van der Waals surface area contributed by atoms with Gasteiger partial charge in [-0.2, -0.15) is 0 Å². The van der Waals surface area contributed by atoms with Crippen molar-refractivity contribution in [2.24, 2.45) is 11.8 Å². The Morgan fingerprint density at radius 1 is 1.29 bits per heavy atom. The highest BCUT2D eigenvalue weighted by Gasteiger charge is 2.57. The first-order valence-corrected chi connectivity index (χ1v) is 5.67. The van der Waals surface area contributed by atoms with E-state index in [-0.39, 0.29) is 5.60 Å². The van der Waals surface area contributed by atoms with Gasteiger partial charge in [0.05, 0.1) is 5.60 Å². The zero-order valence-electron chi connectivity index (χ0n) is 8.54. The zero-order valence-corrected chi connectivity index (χ0v) is 8.54. The van der Waals surface area contributed by atoms with Crippen molar-refractivity contribution >= 4 is 0 Å². The molecule has 2 unspecified atom stereocenters. The van der Waals surface area contributed by atoms with Crippen LogP contribution in [0.2, 0.25) is 0 Å². The lowest BCUT2D eigenvalue weighted by Gasteiger charge is -2.59. The van der Waals surface area contributed by atoms with Gasteiger partial charge in [-0.3, -0.25) is 0 Å². The fourth-order valence-corrected chi connectivity index (χ4v) is 4.11. The molecule has 0 aromatic rings. The monoisotopic (exact) mass is 194 g/mol. The van der Waals surface area contributed by atoms with Crippen LogP contribution < -0.4 is 0 Å². The predicted molar refractivity (Wildman–Crippen MR) is 53.6 cm³/mol. The van der Waals surface area contributed by atoms with Crippen LogP contribution in [0.15, 0.2) is 12.7 Å². The van der Waals surface area contributed by atoms with E-state index in [9.17, 15) is 5.11 Å². The van der Waals surface area contributed by atoms with Crippen LogP contribution in [-0.4, -0.2) is 16.5 Å². The quantitative estimate of drug-likeness (QED) is 0.683. The topological polar surface area (TPSA) is 29.5 Å². The Kier molecular flexibility index (Phi) is 1.67. The maximum absolute atomic E-state index is 10.2. The Balaban J connectivity index is 1.92. The fourth-order valence-electron chi connectivity index (χ4n) is 4.11. The van der Waals surface area contributed by atoms with Crippen molar-refractivity contribution in [3.8, 4) is 0 Å². The Morgan fingerprint density at radius 2 is 1.93 bits per heavy atom. The SMILES string of the molecule is C=CCC12CC3CC(CC(O)(C3)O1)C2. The molecular weight excluding hydrogens is 176 g/mol. The minimum Gasteiger partial charge on any atom is -0.365 e. The zero-order chi connectivity index (χ0) is 9.81. The molecule has 4 bridgehead atoms. The molecule has 0 aromatic heterocycles. The molecule has 1 N–H and O–H groups in total. The molecule has 2 aliphatic heterocycles. The van der Waals surface area contributed by atoms with Crippen LogP contribution in [0.4, 0.5) is 0 Å². The summed E-state index contributed by atoms with van der Waals surface area (Å²) >= 11 is 0. The molecule has 2 saturated heterocycles. The van der Waals surface area contributed by atoms with Gasteiger partial charge < -0.3 is 9.84 Å². The summed E-state index contributed by atoms with van der Waals surface area (Å²) in [6.07, 6.45) is 8.16.